The van der Waals surface area contributed by atoms with Crippen molar-refractivity contribution in [1.29, 1.82) is 0 Å². The van der Waals surface area contributed by atoms with Gasteiger partial charge in [-0.3, -0.25) is 4.98 Å². The second-order valence-electron chi connectivity index (χ2n) is 3.89. The zero-order chi connectivity index (χ0) is 10.6. The molecule has 1 rings (SSSR count). The van der Waals surface area contributed by atoms with Crippen molar-refractivity contribution < 1.29 is 0 Å². The summed E-state index contributed by atoms with van der Waals surface area (Å²) in [6.07, 6.45) is 3.67. The summed E-state index contributed by atoms with van der Waals surface area (Å²) < 4.78 is 0. The monoisotopic (exact) mass is 209 g/mol. The van der Waals surface area contributed by atoms with Gasteiger partial charge in [-0.1, -0.05) is 29.5 Å². The number of hydrogen-bond donors (Lipinski definition) is 0. The van der Waals surface area contributed by atoms with Gasteiger partial charge in [-0.25, -0.2) is 0 Å². The summed E-state index contributed by atoms with van der Waals surface area (Å²) >= 11 is 0. The van der Waals surface area contributed by atoms with Crippen molar-refractivity contribution in [2.24, 2.45) is 0 Å². The van der Waals surface area contributed by atoms with E-state index in [9.17, 15) is 0 Å². The van der Waals surface area contributed by atoms with E-state index in [1.807, 2.05) is 0 Å². The SMILES string of the molecule is CCCC(CC)c1cc(C)cc(P)n1. The molecule has 78 valence electrons. The van der Waals surface area contributed by atoms with E-state index >= 15 is 0 Å². The van der Waals surface area contributed by atoms with Crippen LogP contribution >= 0.6 is 9.24 Å². The highest BCUT2D eigenvalue weighted by Gasteiger charge is 2.10. The van der Waals surface area contributed by atoms with E-state index in [0.29, 0.717) is 5.92 Å². The van der Waals surface area contributed by atoms with Gasteiger partial charge in [-0.2, -0.15) is 0 Å². The molecule has 0 aliphatic carbocycles. The van der Waals surface area contributed by atoms with Crippen molar-refractivity contribution in [2.45, 2.75) is 46.0 Å². The van der Waals surface area contributed by atoms with E-state index in [2.05, 4.69) is 47.1 Å². The molecular weight excluding hydrogens is 189 g/mol. The number of aryl methyl sites for hydroxylation is 1. The maximum atomic E-state index is 4.59. The molecule has 0 fully saturated rings. The molecule has 14 heavy (non-hydrogen) atoms. The highest BCUT2D eigenvalue weighted by Crippen LogP contribution is 2.23. The normalized spacial score (nSPS) is 12.9. The van der Waals surface area contributed by atoms with Gasteiger partial charge in [0.2, 0.25) is 0 Å². The second kappa shape index (κ2) is 5.46. The standard InChI is InChI=1S/C12H20NP/c1-4-6-10(5-2)11-7-9(3)8-12(14)13-11/h7-8,10H,4-6,14H2,1-3H3. The summed E-state index contributed by atoms with van der Waals surface area (Å²) in [5.41, 5.74) is 3.64. The smallest absolute Gasteiger partial charge is 0.0575 e. The van der Waals surface area contributed by atoms with Gasteiger partial charge < -0.3 is 0 Å². The quantitative estimate of drug-likeness (QED) is 0.694. The molecule has 0 aromatic carbocycles. The first-order chi connectivity index (χ1) is 6.67. The Morgan fingerprint density at radius 3 is 2.57 bits per heavy atom. The molecular formula is C12H20NP. The minimum atomic E-state index is 0.638. The summed E-state index contributed by atoms with van der Waals surface area (Å²) in [6, 6.07) is 4.32. The predicted molar refractivity (Wildman–Crippen MR) is 66.3 cm³/mol. The van der Waals surface area contributed by atoms with E-state index in [1.54, 1.807) is 0 Å². The van der Waals surface area contributed by atoms with Crippen molar-refractivity contribution in [3.63, 3.8) is 0 Å². The van der Waals surface area contributed by atoms with Crippen LogP contribution in [0.4, 0.5) is 0 Å². The lowest BCUT2D eigenvalue weighted by molar-refractivity contribution is 0.582. The molecule has 0 spiro atoms. The lowest BCUT2D eigenvalue weighted by Gasteiger charge is -2.14. The lowest BCUT2D eigenvalue weighted by Crippen LogP contribution is -2.07. The van der Waals surface area contributed by atoms with Gasteiger partial charge in [0.1, 0.15) is 0 Å². The first-order valence-electron chi connectivity index (χ1n) is 5.41. The second-order valence-corrected chi connectivity index (χ2v) is 4.48. The van der Waals surface area contributed by atoms with Crippen LogP contribution in [0.5, 0.6) is 0 Å². The maximum Gasteiger partial charge on any atom is 0.0575 e. The molecule has 1 aromatic rings. The van der Waals surface area contributed by atoms with Crippen LogP contribution in [-0.2, 0) is 0 Å². The van der Waals surface area contributed by atoms with Crippen LogP contribution < -0.4 is 5.44 Å². The largest absolute Gasteiger partial charge is 0.253 e. The fourth-order valence-corrected chi connectivity index (χ4v) is 2.25. The van der Waals surface area contributed by atoms with E-state index in [4.69, 9.17) is 0 Å². The van der Waals surface area contributed by atoms with Crippen LogP contribution in [0, 0.1) is 6.92 Å². The molecule has 0 saturated carbocycles. The van der Waals surface area contributed by atoms with Gasteiger partial charge in [0.25, 0.3) is 0 Å². The Bertz CT molecular complexity index is 276. The molecule has 0 bridgehead atoms. The Balaban J connectivity index is 2.91. The van der Waals surface area contributed by atoms with Crippen LogP contribution in [0.25, 0.3) is 0 Å². The molecule has 0 aliphatic heterocycles. The highest BCUT2D eigenvalue weighted by molar-refractivity contribution is 7.26. The fourth-order valence-electron chi connectivity index (χ4n) is 1.84. The van der Waals surface area contributed by atoms with Crippen LogP contribution in [-0.4, -0.2) is 4.98 Å². The van der Waals surface area contributed by atoms with Gasteiger partial charge in [0, 0.05) is 11.6 Å². The Kier molecular flexibility index (Phi) is 4.54. The van der Waals surface area contributed by atoms with Crippen molar-refractivity contribution >= 4 is 14.7 Å². The van der Waals surface area contributed by atoms with Crippen molar-refractivity contribution in [1.82, 2.24) is 4.98 Å². The molecule has 0 saturated heterocycles. The predicted octanol–water partition coefficient (Wildman–Crippen LogP) is 3.18. The number of hydrogen-bond acceptors (Lipinski definition) is 1. The molecule has 1 heterocycles. The van der Waals surface area contributed by atoms with Crippen LogP contribution in [0.15, 0.2) is 12.1 Å². The first kappa shape index (κ1) is 11.7. The van der Waals surface area contributed by atoms with E-state index in [0.717, 1.165) is 5.44 Å². The minimum Gasteiger partial charge on any atom is -0.253 e. The zero-order valence-corrected chi connectivity index (χ0v) is 10.5. The Hall–Kier alpha value is -0.420. The topological polar surface area (TPSA) is 12.9 Å². The van der Waals surface area contributed by atoms with Gasteiger partial charge in [0.05, 0.1) is 5.44 Å². The van der Waals surface area contributed by atoms with Gasteiger partial charge in [-0.15, -0.1) is 0 Å². The third-order valence-corrected chi connectivity index (χ3v) is 2.85. The van der Waals surface area contributed by atoms with Crippen molar-refractivity contribution in [3.8, 4) is 0 Å². The molecule has 0 radical (unpaired) electrons. The zero-order valence-electron chi connectivity index (χ0n) is 9.38. The summed E-state index contributed by atoms with van der Waals surface area (Å²) in [6.45, 7) is 6.62. The van der Waals surface area contributed by atoms with Gasteiger partial charge >= 0.3 is 0 Å². The van der Waals surface area contributed by atoms with Crippen molar-refractivity contribution in [2.75, 3.05) is 0 Å². The Morgan fingerprint density at radius 2 is 2.07 bits per heavy atom. The van der Waals surface area contributed by atoms with Crippen molar-refractivity contribution in [3.05, 3.63) is 23.4 Å². The molecule has 1 nitrogen and oxygen atoms in total. The molecule has 2 heteroatoms. The average molecular weight is 209 g/mol. The maximum absolute atomic E-state index is 4.59. The molecule has 0 aliphatic rings. The van der Waals surface area contributed by atoms with Crippen LogP contribution in [0.1, 0.15) is 50.3 Å². The van der Waals surface area contributed by atoms with Gasteiger partial charge in [0.15, 0.2) is 0 Å². The number of aromatic nitrogens is 1. The summed E-state index contributed by atoms with van der Waals surface area (Å²) in [7, 11) is 2.69. The fraction of sp³-hybridized carbons (Fsp3) is 0.583. The van der Waals surface area contributed by atoms with Crippen LogP contribution in [0.2, 0.25) is 0 Å². The third kappa shape index (κ3) is 3.06. The van der Waals surface area contributed by atoms with Crippen LogP contribution in [0.3, 0.4) is 0 Å². The molecule has 2 atom stereocenters. The summed E-state index contributed by atoms with van der Waals surface area (Å²) in [4.78, 5) is 4.59. The van der Waals surface area contributed by atoms with Gasteiger partial charge in [-0.05, 0) is 37.5 Å². The van der Waals surface area contributed by atoms with E-state index in [1.165, 1.54) is 30.5 Å². The third-order valence-electron chi connectivity index (χ3n) is 2.56. The first-order valence-corrected chi connectivity index (χ1v) is 5.99. The Morgan fingerprint density at radius 1 is 1.36 bits per heavy atom. The average Bonchev–Trinajstić information content (AvgIpc) is 2.12. The molecule has 0 amide bonds. The Labute approximate surface area is 89.5 Å². The molecule has 1 aromatic heterocycles. The summed E-state index contributed by atoms with van der Waals surface area (Å²) in [5, 5.41) is 0. The number of nitrogens with zero attached hydrogens (tertiary/aromatic N) is 1. The number of pyridine rings is 1. The molecule has 2 unspecified atom stereocenters. The minimum absolute atomic E-state index is 0.638. The summed E-state index contributed by atoms with van der Waals surface area (Å²) in [5.74, 6) is 0.638. The number of rotatable bonds is 4. The van der Waals surface area contributed by atoms with E-state index < -0.39 is 0 Å². The molecule has 0 N–H and O–H groups in total. The van der Waals surface area contributed by atoms with E-state index in [-0.39, 0.29) is 0 Å². The lowest BCUT2D eigenvalue weighted by atomic mass is 9.96. The highest BCUT2D eigenvalue weighted by atomic mass is 31.0.